The van der Waals surface area contributed by atoms with Gasteiger partial charge in [0.1, 0.15) is 6.10 Å². The minimum Gasteiger partial charge on any atom is -0.439 e. The van der Waals surface area contributed by atoms with Crippen molar-refractivity contribution in [3.05, 3.63) is 48.0 Å². The quantitative estimate of drug-likeness (QED) is 0.868. The van der Waals surface area contributed by atoms with Gasteiger partial charge < -0.3 is 9.84 Å². The first kappa shape index (κ1) is 16.2. The largest absolute Gasteiger partial charge is 0.439 e. The molecule has 1 saturated heterocycles. The van der Waals surface area contributed by atoms with E-state index in [9.17, 15) is 14.7 Å². The van der Waals surface area contributed by atoms with E-state index in [1.54, 1.807) is 20.8 Å². The normalized spacial score (nSPS) is 23.8. The van der Waals surface area contributed by atoms with E-state index in [-0.39, 0.29) is 0 Å². The molecular weight excluding hydrogens is 282 g/mol. The Hall–Kier alpha value is -2.14. The van der Waals surface area contributed by atoms with Gasteiger partial charge in [-0.3, -0.25) is 4.79 Å². The number of amides is 2. The number of carbonyl (C=O) groups excluding carboxylic acids is 2. The highest BCUT2D eigenvalue weighted by atomic mass is 16.6. The molecule has 1 aliphatic rings. The minimum atomic E-state index is -0.983. The van der Waals surface area contributed by atoms with Gasteiger partial charge in [0, 0.05) is 0 Å². The molecule has 2 rings (SSSR count). The van der Waals surface area contributed by atoms with Crippen molar-refractivity contribution in [2.24, 2.45) is 5.92 Å². The Morgan fingerprint density at radius 3 is 2.50 bits per heavy atom. The number of benzene rings is 1. The predicted molar refractivity (Wildman–Crippen MR) is 82.0 cm³/mol. The maximum atomic E-state index is 12.5. The van der Waals surface area contributed by atoms with Crippen molar-refractivity contribution in [1.29, 1.82) is 0 Å². The molecule has 0 radical (unpaired) electrons. The topological polar surface area (TPSA) is 66.8 Å². The molecule has 1 aliphatic heterocycles. The summed E-state index contributed by atoms with van der Waals surface area (Å²) < 4.78 is 5.35. The van der Waals surface area contributed by atoms with Crippen LogP contribution in [0.25, 0.3) is 0 Å². The van der Waals surface area contributed by atoms with E-state index in [0.717, 1.165) is 10.5 Å². The van der Waals surface area contributed by atoms with Crippen LogP contribution in [0, 0.1) is 5.92 Å². The van der Waals surface area contributed by atoms with Gasteiger partial charge in [-0.2, -0.15) is 0 Å². The highest BCUT2D eigenvalue weighted by Crippen LogP contribution is 2.33. The zero-order valence-electron chi connectivity index (χ0n) is 13.0. The molecule has 118 valence electrons. The fraction of sp³-hybridized carbons (Fsp3) is 0.412. The second-order valence-electron chi connectivity index (χ2n) is 5.74. The van der Waals surface area contributed by atoms with Crippen LogP contribution in [0.5, 0.6) is 0 Å². The molecule has 2 amide bonds. The third kappa shape index (κ3) is 2.90. The van der Waals surface area contributed by atoms with Crippen molar-refractivity contribution < 1.29 is 19.4 Å². The molecule has 0 unspecified atom stereocenters. The average molecular weight is 303 g/mol. The molecule has 0 saturated carbocycles. The summed E-state index contributed by atoms with van der Waals surface area (Å²) >= 11 is 0. The maximum absolute atomic E-state index is 12.5. The van der Waals surface area contributed by atoms with Crippen LogP contribution in [0.2, 0.25) is 0 Å². The van der Waals surface area contributed by atoms with Crippen molar-refractivity contribution >= 4 is 12.0 Å². The number of cyclic esters (lactones) is 1. The van der Waals surface area contributed by atoms with E-state index in [1.807, 2.05) is 30.3 Å². The van der Waals surface area contributed by atoms with Crippen LogP contribution < -0.4 is 0 Å². The maximum Gasteiger partial charge on any atom is 0.417 e. The third-order valence-corrected chi connectivity index (χ3v) is 4.00. The van der Waals surface area contributed by atoms with Gasteiger partial charge in [0.2, 0.25) is 5.91 Å². The first-order valence-corrected chi connectivity index (χ1v) is 7.26. The molecule has 0 aromatic heterocycles. The number of carbonyl (C=O) groups is 2. The zero-order chi connectivity index (χ0) is 16.4. The second kappa shape index (κ2) is 6.32. The van der Waals surface area contributed by atoms with Gasteiger partial charge in [0.25, 0.3) is 0 Å². The second-order valence-corrected chi connectivity index (χ2v) is 5.74. The van der Waals surface area contributed by atoms with Gasteiger partial charge in [0.15, 0.2) is 0 Å². The van der Waals surface area contributed by atoms with Crippen molar-refractivity contribution in [3.8, 4) is 0 Å². The smallest absolute Gasteiger partial charge is 0.417 e. The summed E-state index contributed by atoms with van der Waals surface area (Å²) in [6, 6.07) is 8.87. The molecule has 1 aromatic carbocycles. The van der Waals surface area contributed by atoms with Crippen LogP contribution in [0.4, 0.5) is 4.79 Å². The van der Waals surface area contributed by atoms with Gasteiger partial charge in [-0.1, -0.05) is 49.4 Å². The number of ether oxygens (including phenoxy) is 1. The fourth-order valence-electron chi connectivity index (χ4n) is 2.63. The highest BCUT2D eigenvalue weighted by molar-refractivity contribution is 5.95. The molecule has 0 bridgehead atoms. The molecule has 5 heteroatoms. The number of imide groups is 1. The number of aliphatic hydroxyl groups is 1. The first-order chi connectivity index (χ1) is 10.3. The van der Waals surface area contributed by atoms with Crippen LogP contribution in [0.1, 0.15) is 32.4 Å². The number of hydrogen-bond acceptors (Lipinski definition) is 4. The number of hydrogen-bond donors (Lipinski definition) is 1. The summed E-state index contributed by atoms with van der Waals surface area (Å²) in [4.78, 5) is 25.7. The lowest BCUT2D eigenvalue weighted by atomic mass is 9.96. The molecule has 1 heterocycles. The lowest BCUT2D eigenvalue weighted by Crippen LogP contribution is -2.44. The standard InChI is InChI=1S/C17H21NO4/c1-10(2)14(19)11(3)16(20)18-12(4)15(22-17(18)21)13-8-6-5-7-9-13/h5-9,11-12,14-15,19H,1H2,2-4H3/t11-,12-,14+,15-/m1/s1. The Bertz CT molecular complexity index is 584. The number of rotatable bonds is 4. The van der Waals surface area contributed by atoms with Crippen molar-refractivity contribution in [1.82, 2.24) is 4.90 Å². The summed E-state index contributed by atoms with van der Waals surface area (Å²) in [5.41, 5.74) is 1.33. The summed E-state index contributed by atoms with van der Waals surface area (Å²) in [5.74, 6) is -1.20. The van der Waals surface area contributed by atoms with Gasteiger partial charge in [-0.15, -0.1) is 0 Å². The summed E-state index contributed by atoms with van der Waals surface area (Å²) in [6.07, 6.45) is -2.15. The van der Waals surface area contributed by atoms with E-state index < -0.39 is 36.2 Å². The lowest BCUT2D eigenvalue weighted by molar-refractivity contribution is -0.135. The molecule has 22 heavy (non-hydrogen) atoms. The van der Waals surface area contributed by atoms with Crippen LogP contribution >= 0.6 is 0 Å². The highest BCUT2D eigenvalue weighted by Gasteiger charge is 2.45. The van der Waals surface area contributed by atoms with E-state index >= 15 is 0 Å². The van der Waals surface area contributed by atoms with Gasteiger partial charge in [-0.25, -0.2) is 9.69 Å². The fourth-order valence-corrected chi connectivity index (χ4v) is 2.63. The van der Waals surface area contributed by atoms with Crippen LogP contribution in [-0.4, -0.2) is 34.2 Å². The van der Waals surface area contributed by atoms with Gasteiger partial charge >= 0.3 is 6.09 Å². The van der Waals surface area contributed by atoms with Crippen molar-refractivity contribution in [3.63, 3.8) is 0 Å². The molecule has 1 aromatic rings. The summed E-state index contributed by atoms with van der Waals surface area (Å²) in [6.45, 7) is 8.64. The van der Waals surface area contributed by atoms with E-state index in [4.69, 9.17) is 4.74 Å². The number of aliphatic hydroxyl groups excluding tert-OH is 1. The molecule has 1 N–H and O–H groups in total. The molecule has 0 aliphatic carbocycles. The van der Waals surface area contributed by atoms with Crippen LogP contribution in [-0.2, 0) is 9.53 Å². The predicted octanol–water partition coefficient (Wildman–Crippen LogP) is 2.67. The molecule has 0 spiro atoms. The van der Waals surface area contributed by atoms with E-state index in [1.165, 1.54) is 0 Å². The molecular formula is C17H21NO4. The monoisotopic (exact) mass is 303 g/mol. The Morgan fingerprint density at radius 2 is 1.95 bits per heavy atom. The van der Waals surface area contributed by atoms with E-state index in [2.05, 4.69) is 6.58 Å². The van der Waals surface area contributed by atoms with Gasteiger partial charge in [0.05, 0.1) is 18.1 Å². The van der Waals surface area contributed by atoms with E-state index in [0.29, 0.717) is 5.57 Å². The van der Waals surface area contributed by atoms with Crippen LogP contribution in [0.3, 0.4) is 0 Å². The SMILES string of the molecule is C=C(C)[C@H](O)[C@@H](C)C(=O)N1C(=O)O[C@@H](c2ccccc2)[C@H]1C. The number of nitrogens with zero attached hydrogens (tertiary/aromatic N) is 1. The Balaban J connectivity index is 2.20. The van der Waals surface area contributed by atoms with Crippen molar-refractivity contribution in [2.75, 3.05) is 0 Å². The van der Waals surface area contributed by atoms with Gasteiger partial charge in [-0.05, 0) is 19.4 Å². The molecule has 1 fully saturated rings. The van der Waals surface area contributed by atoms with Crippen molar-refractivity contribution in [2.45, 2.75) is 39.0 Å². The summed E-state index contributed by atoms with van der Waals surface area (Å²) in [5, 5.41) is 9.98. The Morgan fingerprint density at radius 1 is 1.36 bits per heavy atom. The Labute approximate surface area is 130 Å². The minimum absolute atomic E-state index is 0.429. The average Bonchev–Trinajstić information content (AvgIpc) is 2.80. The summed E-state index contributed by atoms with van der Waals surface area (Å²) in [7, 11) is 0. The molecule has 4 atom stereocenters. The first-order valence-electron chi connectivity index (χ1n) is 7.26. The Kier molecular flexibility index (Phi) is 4.66. The van der Waals surface area contributed by atoms with Crippen LogP contribution in [0.15, 0.2) is 42.5 Å². The zero-order valence-corrected chi connectivity index (χ0v) is 13.0. The lowest BCUT2D eigenvalue weighted by Gasteiger charge is -2.25. The third-order valence-electron chi connectivity index (χ3n) is 4.00. The molecule has 5 nitrogen and oxygen atoms in total.